The van der Waals surface area contributed by atoms with E-state index in [4.69, 9.17) is 14.7 Å². The first-order valence-electron chi connectivity index (χ1n) is 5.58. The van der Waals surface area contributed by atoms with Gasteiger partial charge in [0.15, 0.2) is 0 Å². The van der Waals surface area contributed by atoms with E-state index in [1.807, 2.05) is 37.3 Å². The zero-order chi connectivity index (χ0) is 12.8. The van der Waals surface area contributed by atoms with Crippen LogP contribution in [0.25, 0.3) is 0 Å². The molecule has 18 heavy (non-hydrogen) atoms. The van der Waals surface area contributed by atoms with E-state index in [1.54, 1.807) is 12.1 Å². The molecule has 0 N–H and O–H groups in total. The van der Waals surface area contributed by atoms with E-state index in [-0.39, 0.29) is 0 Å². The number of rotatable bonds is 4. The summed E-state index contributed by atoms with van der Waals surface area (Å²) in [6.07, 6.45) is 1.52. The van der Waals surface area contributed by atoms with Crippen LogP contribution >= 0.6 is 0 Å². The quantitative estimate of drug-likeness (QED) is 0.823. The van der Waals surface area contributed by atoms with Gasteiger partial charge in [-0.15, -0.1) is 0 Å². The molecule has 0 radical (unpaired) electrons. The van der Waals surface area contributed by atoms with Crippen LogP contribution in [0.1, 0.15) is 12.6 Å². The predicted octanol–water partition coefficient (Wildman–Crippen LogP) is 3.14. The smallest absolute Gasteiger partial charge is 0.145 e. The molecule has 0 fully saturated rings. The van der Waals surface area contributed by atoms with Gasteiger partial charge in [-0.2, -0.15) is 5.26 Å². The van der Waals surface area contributed by atoms with E-state index in [1.165, 1.54) is 6.20 Å². The number of benzene rings is 1. The lowest BCUT2D eigenvalue weighted by molar-refractivity contribution is 0.338. The van der Waals surface area contributed by atoms with Gasteiger partial charge in [0.05, 0.1) is 12.8 Å². The molecule has 0 saturated carbocycles. The summed E-state index contributed by atoms with van der Waals surface area (Å²) in [6.45, 7) is 2.54. The first-order valence-corrected chi connectivity index (χ1v) is 5.58. The molecule has 0 atom stereocenters. The van der Waals surface area contributed by atoms with Crippen molar-refractivity contribution in [2.45, 2.75) is 6.92 Å². The fourth-order valence-corrected chi connectivity index (χ4v) is 1.44. The molecule has 1 aromatic heterocycles. The molecule has 0 amide bonds. The third-order valence-electron chi connectivity index (χ3n) is 2.20. The number of hydrogen-bond acceptors (Lipinski definition) is 4. The van der Waals surface area contributed by atoms with Crippen molar-refractivity contribution in [3.63, 3.8) is 0 Å². The van der Waals surface area contributed by atoms with Crippen molar-refractivity contribution in [1.82, 2.24) is 4.98 Å². The maximum Gasteiger partial charge on any atom is 0.145 e. The van der Waals surface area contributed by atoms with Crippen LogP contribution in [0, 0.1) is 11.3 Å². The Hall–Kier alpha value is -2.54. The van der Waals surface area contributed by atoms with Crippen LogP contribution in [0.15, 0.2) is 42.6 Å². The molecule has 0 bridgehead atoms. The van der Waals surface area contributed by atoms with Gasteiger partial charge in [-0.25, -0.2) is 4.98 Å². The maximum atomic E-state index is 8.64. The first kappa shape index (κ1) is 11.9. The van der Waals surface area contributed by atoms with Gasteiger partial charge in [0, 0.05) is 6.07 Å². The van der Waals surface area contributed by atoms with Gasteiger partial charge in [-0.3, -0.25) is 0 Å². The Bertz CT molecular complexity index is 559. The van der Waals surface area contributed by atoms with Crippen molar-refractivity contribution < 1.29 is 9.47 Å². The highest BCUT2D eigenvalue weighted by molar-refractivity contribution is 5.37. The molecule has 0 saturated heterocycles. The lowest BCUT2D eigenvalue weighted by Gasteiger charge is -2.07. The Balaban J connectivity index is 2.12. The molecule has 0 aliphatic rings. The summed E-state index contributed by atoms with van der Waals surface area (Å²) in [4.78, 5) is 3.93. The number of hydrogen-bond donors (Lipinski definition) is 0. The normalized spacial score (nSPS) is 9.56. The fraction of sp³-hybridized carbons (Fsp3) is 0.143. The summed E-state index contributed by atoms with van der Waals surface area (Å²) in [6, 6.07) is 12.6. The van der Waals surface area contributed by atoms with Gasteiger partial charge in [-0.1, -0.05) is 6.07 Å². The second kappa shape index (κ2) is 5.69. The Morgan fingerprint density at radius 3 is 2.67 bits per heavy atom. The molecule has 4 heteroatoms. The highest BCUT2D eigenvalue weighted by Gasteiger charge is 2.00. The number of ether oxygens (including phenoxy) is 2. The van der Waals surface area contributed by atoms with Crippen molar-refractivity contribution >= 4 is 0 Å². The minimum Gasteiger partial charge on any atom is -0.494 e. The van der Waals surface area contributed by atoms with Crippen molar-refractivity contribution in [2.24, 2.45) is 0 Å². The SMILES string of the molecule is CCOc1cccc(Oc2ccc(C#N)nc2)c1. The monoisotopic (exact) mass is 240 g/mol. The molecule has 90 valence electrons. The van der Waals surface area contributed by atoms with E-state index >= 15 is 0 Å². The van der Waals surface area contributed by atoms with Crippen LogP contribution in [-0.2, 0) is 0 Å². The topological polar surface area (TPSA) is 55.1 Å². The van der Waals surface area contributed by atoms with E-state index in [2.05, 4.69) is 4.98 Å². The summed E-state index contributed by atoms with van der Waals surface area (Å²) in [5, 5.41) is 8.64. The summed E-state index contributed by atoms with van der Waals surface area (Å²) >= 11 is 0. The molecule has 0 spiro atoms. The summed E-state index contributed by atoms with van der Waals surface area (Å²) < 4.78 is 11.0. The van der Waals surface area contributed by atoms with E-state index in [9.17, 15) is 0 Å². The number of pyridine rings is 1. The molecular weight excluding hydrogens is 228 g/mol. The maximum absolute atomic E-state index is 8.64. The predicted molar refractivity (Wildman–Crippen MR) is 66.6 cm³/mol. The minimum absolute atomic E-state index is 0.366. The summed E-state index contributed by atoms with van der Waals surface area (Å²) in [5.74, 6) is 2.02. The molecule has 0 unspecified atom stereocenters. The van der Waals surface area contributed by atoms with Gasteiger partial charge in [0.25, 0.3) is 0 Å². The standard InChI is InChI=1S/C14H12N2O2/c1-2-17-12-4-3-5-13(8-12)18-14-7-6-11(9-15)16-10-14/h3-8,10H,2H2,1H3. The molecule has 1 heterocycles. The largest absolute Gasteiger partial charge is 0.494 e. The fourth-order valence-electron chi connectivity index (χ4n) is 1.44. The molecule has 4 nitrogen and oxygen atoms in total. The van der Waals surface area contributed by atoms with Gasteiger partial charge in [-0.05, 0) is 31.2 Å². The molecule has 2 aromatic rings. The Morgan fingerprint density at radius 1 is 1.17 bits per heavy atom. The Morgan fingerprint density at radius 2 is 2.00 bits per heavy atom. The molecule has 2 rings (SSSR count). The molecule has 1 aromatic carbocycles. The van der Waals surface area contributed by atoms with Gasteiger partial charge < -0.3 is 9.47 Å². The van der Waals surface area contributed by atoms with Crippen LogP contribution in [-0.4, -0.2) is 11.6 Å². The molecule has 0 aliphatic heterocycles. The summed E-state index contributed by atoms with van der Waals surface area (Å²) in [7, 11) is 0. The molecule has 0 aliphatic carbocycles. The summed E-state index contributed by atoms with van der Waals surface area (Å²) in [5.41, 5.74) is 0.366. The lowest BCUT2D eigenvalue weighted by Crippen LogP contribution is -1.92. The van der Waals surface area contributed by atoms with Crippen LogP contribution in [0.4, 0.5) is 0 Å². The van der Waals surface area contributed by atoms with Crippen molar-refractivity contribution in [3.8, 4) is 23.3 Å². The van der Waals surface area contributed by atoms with Crippen molar-refractivity contribution in [2.75, 3.05) is 6.61 Å². The lowest BCUT2D eigenvalue weighted by atomic mass is 10.3. The second-order valence-corrected chi connectivity index (χ2v) is 3.50. The average molecular weight is 240 g/mol. The highest BCUT2D eigenvalue weighted by Crippen LogP contribution is 2.24. The van der Waals surface area contributed by atoms with Gasteiger partial charge in [0.1, 0.15) is 29.0 Å². The molecular formula is C14H12N2O2. The van der Waals surface area contributed by atoms with Crippen LogP contribution in [0.3, 0.4) is 0 Å². The Kier molecular flexibility index (Phi) is 3.77. The highest BCUT2D eigenvalue weighted by atomic mass is 16.5. The van der Waals surface area contributed by atoms with Crippen LogP contribution in [0.5, 0.6) is 17.2 Å². The van der Waals surface area contributed by atoms with Crippen molar-refractivity contribution in [3.05, 3.63) is 48.3 Å². The minimum atomic E-state index is 0.366. The van der Waals surface area contributed by atoms with E-state index < -0.39 is 0 Å². The third kappa shape index (κ3) is 2.98. The number of aromatic nitrogens is 1. The average Bonchev–Trinajstić information content (AvgIpc) is 2.40. The Labute approximate surface area is 105 Å². The van der Waals surface area contributed by atoms with Crippen LogP contribution in [0.2, 0.25) is 0 Å². The van der Waals surface area contributed by atoms with Crippen LogP contribution < -0.4 is 9.47 Å². The van der Waals surface area contributed by atoms with Gasteiger partial charge >= 0.3 is 0 Å². The third-order valence-corrected chi connectivity index (χ3v) is 2.20. The first-order chi connectivity index (χ1) is 8.81. The van der Waals surface area contributed by atoms with Gasteiger partial charge in [0.2, 0.25) is 0 Å². The second-order valence-electron chi connectivity index (χ2n) is 3.50. The number of nitrogens with zero attached hydrogens (tertiary/aromatic N) is 2. The zero-order valence-electron chi connectivity index (χ0n) is 9.96. The zero-order valence-corrected chi connectivity index (χ0v) is 9.96. The van der Waals surface area contributed by atoms with E-state index in [0.717, 1.165) is 5.75 Å². The number of nitriles is 1. The van der Waals surface area contributed by atoms with E-state index in [0.29, 0.717) is 23.8 Å². The van der Waals surface area contributed by atoms with Crippen molar-refractivity contribution in [1.29, 1.82) is 5.26 Å².